The molecule has 3 aromatic rings. The first-order valence-corrected chi connectivity index (χ1v) is 8.46. The molecule has 2 aromatic heterocycles. The molecule has 0 amide bonds. The van der Waals surface area contributed by atoms with Crippen LogP contribution >= 0.6 is 0 Å². The highest BCUT2D eigenvalue weighted by molar-refractivity contribution is 5.82. The first-order valence-electron chi connectivity index (χ1n) is 8.46. The molecule has 1 aromatic carbocycles. The van der Waals surface area contributed by atoms with Gasteiger partial charge in [-0.2, -0.15) is 0 Å². The van der Waals surface area contributed by atoms with Crippen LogP contribution in [0.4, 0.5) is 4.39 Å². The minimum absolute atomic E-state index is 0.0453. The Bertz CT molecular complexity index is 1070. The van der Waals surface area contributed by atoms with Crippen LogP contribution in [-0.4, -0.2) is 20.7 Å². The van der Waals surface area contributed by atoms with Crippen LogP contribution in [0, 0.1) is 5.82 Å². The highest BCUT2D eigenvalue weighted by atomic mass is 19.1. The number of nitrogens with zero attached hydrogens (tertiary/aromatic N) is 3. The van der Waals surface area contributed by atoms with E-state index in [0.717, 1.165) is 10.1 Å². The molecule has 0 aliphatic heterocycles. The van der Waals surface area contributed by atoms with E-state index in [1.54, 1.807) is 25.4 Å². The Hall–Kier alpha value is -2.96. The molecule has 26 heavy (non-hydrogen) atoms. The molecule has 7 heteroatoms. The fourth-order valence-corrected chi connectivity index (χ4v) is 2.94. The van der Waals surface area contributed by atoms with E-state index in [0.29, 0.717) is 24.3 Å². The molecule has 2 heterocycles. The van der Waals surface area contributed by atoms with E-state index < -0.39 is 11.2 Å². The second-order valence-electron chi connectivity index (χ2n) is 5.96. The lowest BCUT2D eigenvalue weighted by molar-refractivity contribution is 0.340. The van der Waals surface area contributed by atoms with Crippen molar-refractivity contribution in [2.45, 2.75) is 26.8 Å². The Kier molecular flexibility index (Phi) is 4.88. The van der Waals surface area contributed by atoms with Crippen LogP contribution in [0.25, 0.3) is 11.0 Å². The smallest absolute Gasteiger partial charge is 0.332 e. The summed E-state index contributed by atoms with van der Waals surface area (Å²) in [6, 6.07) is 5.70. The summed E-state index contributed by atoms with van der Waals surface area (Å²) in [6.45, 7) is 4.23. The van der Waals surface area contributed by atoms with Crippen molar-refractivity contribution in [1.29, 1.82) is 0 Å². The normalized spacial score (nSPS) is 11.1. The van der Waals surface area contributed by atoms with Crippen molar-refractivity contribution in [3.8, 4) is 5.75 Å². The maximum Gasteiger partial charge on any atom is 0.332 e. The highest BCUT2D eigenvalue weighted by Crippen LogP contribution is 2.25. The van der Waals surface area contributed by atoms with Crippen LogP contribution in [0.15, 0.2) is 40.1 Å². The van der Waals surface area contributed by atoms with E-state index in [4.69, 9.17) is 4.74 Å². The minimum Gasteiger partial charge on any atom is -0.493 e. The number of ether oxygens (including phenoxy) is 1. The Balaban J connectivity index is 2.30. The lowest BCUT2D eigenvalue weighted by atomic mass is 10.1. The van der Waals surface area contributed by atoms with Crippen molar-refractivity contribution in [2.75, 3.05) is 6.61 Å². The molecule has 0 atom stereocenters. The number of pyridine rings is 1. The molecular weight excluding hydrogens is 337 g/mol. The zero-order valence-corrected chi connectivity index (χ0v) is 15.0. The molecule has 0 bridgehead atoms. The fourth-order valence-electron chi connectivity index (χ4n) is 2.94. The fraction of sp³-hybridized carbons (Fsp3) is 0.316. The molecule has 0 saturated carbocycles. The van der Waals surface area contributed by atoms with E-state index >= 15 is 0 Å². The minimum atomic E-state index is -0.481. The summed E-state index contributed by atoms with van der Waals surface area (Å²) in [7, 11) is 1.57. The Morgan fingerprint density at radius 1 is 1.15 bits per heavy atom. The number of fused-ring (bicyclic) bond motifs is 1. The number of hydrogen-bond donors (Lipinski definition) is 0. The van der Waals surface area contributed by atoms with Crippen LogP contribution in [0.1, 0.15) is 25.0 Å². The van der Waals surface area contributed by atoms with Crippen LogP contribution in [-0.2, 0) is 20.0 Å². The summed E-state index contributed by atoms with van der Waals surface area (Å²) in [5, 5.41) is 0.287. The zero-order chi connectivity index (χ0) is 18.8. The van der Waals surface area contributed by atoms with Gasteiger partial charge in [0.1, 0.15) is 17.0 Å². The number of benzene rings is 1. The lowest BCUT2D eigenvalue weighted by Crippen LogP contribution is -2.40. The zero-order valence-electron chi connectivity index (χ0n) is 15.0. The second-order valence-corrected chi connectivity index (χ2v) is 5.96. The SMILES string of the molecule is CCOc1c(CC)cnc2c1c(=O)n(Cc1ccc(F)cc1)c(=O)n2C. The van der Waals surface area contributed by atoms with Gasteiger partial charge < -0.3 is 4.74 Å². The average molecular weight is 357 g/mol. The lowest BCUT2D eigenvalue weighted by Gasteiger charge is -2.15. The third kappa shape index (κ3) is 3.00. The predicted molar refractivity (Wildman–Crippen MR) is 97.3 cm³/mol. The van der Waals surface area contributed by atoms with E-state index in [1.807, 2.05) is 13.8 Å². The summed E-state index contributed by atoms with van der Waals surface area (Å²) < 4.78 is 21.3. The summed E-state index contributed by atoms with van der Waals surface area (Å²) in [5.74, 6) is 0.0939. The van der Waals surface area contributed by atoms with Crippen molar-refractivity contribution < 1.29 is 9.13 Å². The Morgan fingerprint density at radius 3 is 2.46 bits per heavy atom. The maximum atomic E-state index is 13.1. The van der Waals surface area contributed by atoms with E-state index in [2.05, 4.69) is 4.98 Å². The van der Waals surface area contributed by atoms with Crippen LogP contribution in [0.5, 0.6) is 5.75 Å². The number of rotatable bonds is 5. The Labute approximate surface area is 149 Å². The molecule has 0 saturated heterocycles. The van der Waals surface area contributed by atoms with Crippen molar-refractivity contribution in [1.82, 2.24) is 14.1 Å². The predicted octanol–water partition coefficient (Wildman–Crippen LogP) is 2.24. The number of aromatic nitrogens is 3. The third-order valence-electron chi connectivity index (χ3n) is 4.30. The van der Waals surface area contributed by atoms with E-state index in [1.165, 1.54) is 16.7 Å². The molecule has 0 fully saturated rings. The number of aryl methyl sites for hydroxylation is 2. The van der Waals surface area contributed by atoms with Gasteiger partial charge in [0.15, 0.2) is 5.65 Å². The van der Waals surface area contributed by atoms with Gasteiger partial charge >= 0.3 is 5.69 Å². The van der Waals surface area contributed by atoms with Crippen molar-refractivity contribution in [3.63, 3.8) is 0 Å². The monoisotopic (exact) mass is 357 g/mol. The largest absolute Gasteiger partial charge is 0.493 e. The van der Waals surface area contributed by atoms with Crippen LogP contribution < -0.4 is 16.0 Å². The van der Waals surface area contributed by atoms with Crippen LogP contribution in [0.2, 0.25) is 0 Å². The van der Waals surface area contributed by atoms with Gasteiger partial charge in [0.05, 0.1) is 13.2 Å². The molecule has 6 nitrogen and oxygen atoms in total. The third-order valence-corrected chi connectivity index (χ3v) is 4.30. The molecule has 0 N–H and O–H groups in total. The molecule has 0 radical (unpaired) electrons. The van der Waals surface area contributed by atoms with Gasteiger partial charge in [0.25, 0.3) is 5.56 Å². The molecule has 136 valence electrons. The second kappa shape index (κ2) is 7.11. The Morgan fingerprint density at radius 2 is 1.85 bits per heavy atom. The van der Waals surface area contributed by atoms with Crippen molar-refractivity contribution in [3.05, 3.63) is 68.2 Å². The van der Waals surface area contributed by atoms with Crippen LogP contribution in [0.3, 0.4) is 0 Å². The van der Waals surface area contributed by atoms with Gasteiger partial charge in [0.2, 0.25) is 0 Å². The molecule has 0 aliphatic rings. The summed E-state index contributed by atoms with van der Waals surface area (Å²) in [4.78, 5) is 30.1. The maximum absolute atomic E-state index is 13.1. The van der Waals surface area contributed by atoms with Gasteiger partial charge in [-0.05, 0) is 31.0 Å². The first-order chi connectivity index (χ1) is 12.5. The molecule has 0 unspecified atom stereocenters. The first kappa shape index (κ1) is 17.8. The average Bonchev–Trinajstić information content (AvgIpc) is 2.65. The molecule has 3 rings (SSSR count). The summed E-state index contributed by atoms with van der Waals surface area (Å²) in [6.07, 6.45) is 2.29. The van der Waals surface area contributed by atoms with Gasteiger partial charge in [-0.15, -0.1) is 0 Å². The topological polar surface area (TPSA) is 66.1 Å². The van der Waals surface area contributed by atoms with Crippen molar-refractivity contribution in [2.24, 2.45) is 7.05 Å². The summed E-state index contributed by atoms with van der Waals surface area (Å²) >= 11 is 0. The van der Waals surface area contributed by atoms with Crippen molar-refractivity contribution >= 4 is 11.0 Å². The highest BCUT2D eigenvalue weighted by Gasteiger charge is 2.19. The number of halogens is 1. The standard InChI is InChI=1S/C19H20FN3O3/c1-4-13-10-21-17-15(16(13)26-5-2)18(24)23(19(25)22(17)3)11-12-6-8-14(20)9-7-12/h6-10H,4-5,11H2,1-3H3. The van der Waals surface area contributed by atoms with Gasteiger partial charge in [0, 0.05) is 18.8 Å². The summed E-state index contributed by atoms with van der Waals surface area (Å²) in [5.41, 5.74) is 0.812. The van der Waals surface area contributed by atoms with E-state index in [9.17, 15) is 14.0 Å². The molecular formula is C19H20FN3O3. The van der Waals surface area contributed by atoms with Gasteiger partial charge in [-0.1, -0.05) is 19.1 Å². The van der Waals surface area contributed by atoms with Gasteiger partial charge in [-0.3, -0.25) is 13.9 Å². The van der Waals surface area contributed by atoms with E-state index in [-0.39, 0.29) is 23.4 Å². The quantitative estimate of drug-likeness (QED) is 0.702. The molecule has 0 aliphatic carbocycles. The van der Waals surface area contributed by atoms with Gasteiger partial charge in [-0.25, -0.2) is 14.2 Å². The number of hydrogen-bond acceptors (Lipinski definition) is 4. The molecule has 0 spiro atoms.